The first kappa shape index (κ1) is 33.6. The highest BCUT2D eigenvalue weighted by atomic mass is 32.2. The van der Waals surface area contributed by atoms with E-state index in [0.717, 1.165) is 47.9 Å². The number of fused-ring (bicyclic) bond motifs is 1. The van der Waals surface area contributed by atoms with Crippen LogP contribution in [0.15, 0.2) is 69.0 Å². The number of aryl methyl sites for hydroxylation is 1. The second kappa shape index (κ2) is 15.2. The molecule has 2 amide bonds. The van der Waals surface area contributed by atoms with Crippen molar-refractivity contribution < 1.29 is 33.1 Å². The lowest BCUT2D eigenvalue weighted by molar-refractivity contribution is -0.114. The number of rotatable bonds is 11. The van der Waals surface area contributed by atoms with Gasteiger partial charge in [-0.05, 0) is 88.4 Å². The molecule has 0 radical (unpaired) electrons. The van der Waals surface area contributed by atoms with E-state index in [9.17, 15) is 24.4 Å². The number of carbonyl (C=O) groups excluding carboxylic acids is 4. The number of dihydropyridines is 1. The van der Waals surface area contributed by atoms with Crippen molar-refractivity contribution in [3.05, 3.63) is 91.9 Å². The van der Waals surface area contributed by atoms with Crippen LogP contribution < -0.4 is 16.0 Å². The number of thiophene rings is 1. The summed E-state index contributed by atoms with van der Waals surface area (Å²) in [5.41, 5.74) is 3.13. The highest BCUT2D eigenvalue weighted by Crippen LogP contribution is 2.42. The van der Waals surface area contributed by atoms with Crippen molar-refractivity contribution in [1.82, 2.24) is 5.32 Å². The predicted molar refractivity (Wildman–Crippen MR) is 179 cm³/mol. The molecule has 5 rings (SSSR count). The highest BCUT2D eigenvalue weighted by Gasteiger charge is 2.37. The van der Waals surface area contributed by atoms with Gasteiger partial charge in [-0.2, -0.15) is 5.26 Å². The number of furan rings is 1. The van der Waals surface area contributed by atoms with Gasteiger partial charge < -0.3 is 29.8 Å². The maximum absolute atomic E-state index is 13.7. The molecule has 244 valence electrons. The van der Waals surface area contributed by atoms with Crippen LogP contribution in [-0.4, -0.2) is 42.7 Å². The zero-order chi connectivity index (χ0) is 33.5. The van der Waals surface area contributed by atoms with E-state index in [1.165, 1.54) is 17.6 Å². The summed E-state index contributed by atoms with van der Waals surface area (Å²) in [6.45, 7) is 5.66. The van der Waals surface area contributed by atoms with Gasteiger partial charge in [0, 0.05) is 16.3 Å². The number of ether oxygens (including phenoxy) is 2. The number of amides is 2. The van der Waals surface area contributed by atoms with E-state index < -0.39 is 23.8 Å². The third kappa shape index (κ3) is 7.45. The number of carbonyl (C=O) groups is 4. The monoisotopic (exact) mass is 674 g/mol. The Bertz CT molecular complexity index is 1780. The van der Waals surface area contributed by atoms with Crippen molar-refractivity contribution in [3.63, 3.8) is 0 Å². The Labute approximate surface area is 280 Å². The maximum atomic E-state index is 13.7. The van der Waals surface area contributed by atoms with Gasteiger partial charge in [0.15, 0.2) is 0 Å². The normalized spacial score (nSPS) is 15.7. The van der Waals surface area contributed by atoms with Gasteiger partial charge >= 0.3 is 11.9 Å². The van der Waals surface area contributed by atoms with Crippen LogP contribution in [0.5, 0.6) is 0 Å². The summed E-state index contributed by atoms with van der Waals surface area (Å²) in [7, 11) is 0. The number of nitrogens with one attached hydrogen (secondary N) is 3. The van der Waals surface area contributed by atoms with Gasteiger partial charge in [-0.1, -0.05) is 11.8 Å². The fraction of sp³-hybridized carbons (Fsp3) is 0.324. The van der Waals surface area contributed by atoms with Crippen molar-refractivity contribution in [1.29, 1.82) is 5.26 Å². The summed E-state index contributed by atoms with van der Waals surface area (Å²) in [4.78, 5) is 52.8. The first-order valence-corrected chi connectivity index (χ1v) is 17.0. The Hall–Kier alpha value is -4.80. The molecule has 0 saturated heterocycles. The molecule has 1 aliphatic carbocycles. The van der Waals surface area contributed by atoms with E-state index in [0.29, 0.717) is 38.3 Å². The van der Waals surface area contributed by atoms with Crippen molar-refractivity contribution in [2.24, 2.45) is 0 Å². The van der Waals surface area contributed by atoms with Crippen molar-refractivity contribution >= 4 is 57.5 Å². The highest BCUT2D eigenvalue weighted by molar-refractivity contribution is 8.03. The molecule has 13 heteroatoms. The molecular formula is C34H34N4O7S2. The molecule has 3 heterocycles. The quantitative estimate of drug-likeness (QED) is 0.198. The van der Waals surface area contributed by atoms with Gasteiger partial charge in [-0.3, -0.25) is 9.59 Å². The molecule has 3 N–H and O–H groups in total. The molecular weight excluding hydrogens is 641 g/mol. The maximum Gasteiger partial charge on any atom is 0.341 e. The summed E-state index contributed by atoms with van der Waals surface area (Å²) in [5, 5.41) is 20.1. The molecule has 1 unspecified atom stereocenters. The van der Waals surface area contributed by atoms with Crippen LogP contribution in [-0.2, 0) is 31.9 Å². The minimum Gasteiger partial charge on any atom is -0.468 e. The second-order valence-electron chi connectivity index (χ2n) is 10.7. The summed E-state index contributed by atoms with van der Waals surface area (Å²) in [5.74, 6) is -2.25. The number of esters is 2. The molecule has 2 aliphatic rings. The predicted octanol–water partition coefficient (Wildman–Crippen LogP) is 6.28. The number of nitrogens with zero attached hydrogens (tertiary/aromatic N) is 1. The molecule has 1 atom stereocenters. The SMILES string of the molecule is CCOC(=O)c1ccc(NC(=O)C2=C(C)NC(SCC(=O)Nc3sc4c(c3C(=O)OCC)CCCC4)=C(C#N)C2c2ccco2)cc1. The van der Waals surface area contributed by atoms with Crippen molar-refractivity contribution in [2.45, 2.75) is 52.4 Å². The second-order valence-corrected chi connectivity index (χ2v) is 12.8. The first-order valence-electron chi connectivity index (χ1n) is 15.2. The lowest BCUT2D eigenvalue weighted by atomic mass is 9.85. The molecule has 0 spiro atoms. The van der Waals surface area contributed by atoms with Gasteiger partial charge in [0.05, 0.1) is 64.5 Å². The molecule has 47 heavy (non-hydrogen) atoms. The summed E-state index contributed by atoms with van der Waals surface area (Å²) >= 11 is 2.53. The Kier molecular flexibility index (Phi) is 10.8. The Morgan fingerprint density at radius 2 is 1.77 bits per heavy atom. The Balaban J connectivity index is 1.35. The smallest absolute Gasteiger partial charge is 0.341 e. The zero-order valence-electron chi connectivity index (χ0n) is 26.2. The standard InChI is InChI=1S/C34H34N4O7S2/c1-4-43-33(41)20-12-14-21(15-13-20)37-30(40)27-19(3)36-31(23(17-35)28(27)24-10-8-16-45-24)46-18-26(39)38-32-29(34(42)44-5-2)22-9-6-7-11-25(22)47-32/h8,10,12-16,28,36H,4-7,9,11,18H2,1-3H3,(H,37,40)(H,38,39). The lowest BCUT2D eigenvalue weighted by Crippen LogP contribution is -2.31. The number of hydrogen-bond acceptors (Lipinski definition) is 11. The molecule has 0 saturated carbocycles. The Morgan fingerprint density at radius 1 is 1.04 bits per heavy atom. The van der Waals surface area contributed by atoms with E-state index in [1.807, 2.05) is 0 Å². The van der Waals surface area contributed by atoms with Gasteiger partial charge in [-0.25, -0.2) is 9.59 Å². The zero-order valence-corrected chi connectivity index (χ0v) is 27.8. The molecule has 0 fully saturated rings. The molecule has 3 aromatic rings. The largest absolute Gasteiger partial charge is 0.468 e. The van der Waals surface area contributed by atoms with Crippen LogP contribution >= 0.6 is 23.1 Å². The molecule has 2 aromatic heterocycles. The van der Waals surface area contributed by atoms with E-state index in [2.05, 4.69) is 22.0 Å². The topological polar surface area (TPSA) is 160 Å². The fourth-order valence-corrected chi connectivity index (χ4v) is 7.73. The average Bonchev–Trinajstić information content (AvgIpc) is 3.72. The van der Waals surface area contributed by atoms with Gasteiger partial charge in [0.2, 0.25) is 5.91 Å². The minimum atomic E-state index is -0.847. The van der Waals surface area contributed by atoms with Crippen LogP contribution in [0.3, 0.4) is 0 Å². The summed E-state index contributed by atoms with van der Waals surface area (Å²) in [6, 6.07) is 11.9. The summed E-state index contributed by atoms with van der Waals surface area (Å²) < 4.78 is 16.0. The molecule has 1 aliphatic heterocycles. The van der Waals surface area contributed by atoms with E-state index in [1.54, 1.807) is 57.2 Å². The van der Waals surface area contributed by atoms with Gasteiger partial charge in [-0.15, -0.1) is 11.3 Å². The molecule has 0 bridgehead atoms. The lowest BCUT2D eigenvalue weighted by Gasteiger charge is -2.28. The van der Waals surface area contributed by atoms with Crippen molar-refractivity contribution in [3.8, 4) is 6.07 Å². The number of benzene rings is 1. The van der Waals surface area contributed by atoms with Crippen LogP contribution in [0.1, 0.15) is 76.4 Å². The third-order valence-corrected chi connectivity index (χ3v) is 9.85. The Morgan fingerprint density at radius 3 is 2.45 bits per heavy atom. The number of thioether (sulfide) groups is 1. The molecule has 11 nitrogen and oxygen atoms in total. The van der Waals surface area contributed by atoms with Crippen LogP contribution in [0.25, 0.3) is 0 Å². The molecule has 1 aromatic carbocycles. The van der Waals surface area contributed by atoms with Crippen LogP contribution in [0.4, 0.5) is 10.7 Å². The van der Waals surface area contributed by atoms with E-state index >= 15 is 0 Å². The summed E-state index contributed by atoms with van der Waals surface area (Å²) in [6.07, 6.45) is 5.09. The van der Waals surface area contributed by atoms with Crippen LogP contribution in [0.2, 0.25) is 0 Å². The van der Waals surface area contributed by atoms with E-state index in [-0.39, 0.29) is 36.0 Å². The third-order valence-electron chi connectivity index (χ3n) is 7.63. The van der Waals surface area contributed by atoms with Crippen molar-refractivity contribution in [2.75, 3.05) is 29.6 Å². The number of allylic oxidation sites excluding steroid dienone is 2. The average molecular weight is 675 g/mol. The fourth-order valence-electron chi connectivity index (χ4n) is 5.54. The van der Waals surface area contributed by atoms with E-state index in [4.69, 9.17) is 13.9 Å². The van der Waals surface area contributed by atoms with Crippen LogP contribution in [0, 0.1) is 11.3 Å². The van der Waals surface area contributed by atoms with Gasteiger partial charge in [0.1, 0.15) is 10.8 Å². The minimum absolute atomic E-state index is 0.0646. The number of anilines is 2. The number of nitriles is 1. The first-order chi connectivity index (χ1) is 22.7. The van der Waals surface area contributed by atoms with Gasteiger partial charge in [0.25, 0.3) is 5.91 Å². The number of hydrogen-bond donors (Lipinski definition) is 3.